The van der Waals surface area contributed by atoms with Crippen molar-refractivity contribution in [1.82, 2.24) is 19.6 Å². The molecule has 11 heteroatoms. The molecule has 0 aromatic heterocycles. The van der Waals surface area contributed by atoms with Gasteiger partial charge in [-0.1, -0.05) is 83.1 Å². The van der Waals surface area contributed by atoms with Gasteiger partial charge in [0.15, 0.2) is 0 Å². The standard InChI is InChI=1S/C38H53N7O4/c1-35(2,3)29(46)42-21-22-43(30(47)36(4,5)6)33(42)40-27-17-13-25(14-18-27)39-26-15-19-28(20-16-26)41-34-44(31(48)37(7,8)9)23-24-45(34)32(49)38(10,11)12/h13-20,39H,21-24H2,1-12H3. The molecular formula is C38H53N7O4. The lowest BCUT2D eigenvalue weighted by Gasteiger charge is -2.29. The summed E-state index contributed by atoms with van der Waals surface area (Å²) in [5.41, 5.74) is 0.375. The smallest absolute Gasteiger partial charge is 0.234 e. The molecule has 2 aromatic carbocycles. The second-order valence-electron chi connectivity index (χ2n) is 16.9. The van der Waals surface area contributed by atoms with Crippen molar-refractivity contribution >= 4 is 58.3 Å². The van der Waals surface area contributed by atoms with Crippen LogP contribution in [0.3, 0.4) is 0 Å². The number of anilines is 2. The first kappa shape index (κ1) is 37.3. The van der Waals surface area contributed by atoms with Gasteiger partial charge in [-0.3, -0.25) is 38.8 Å². The van der Waals surface area contributed by atoms with E-state index in [0.29, 0.717) is 49.5 Å². The Bertz CT molecular complexity index is 1450. The van der Waals surface area contributed by atoms with Crippen molar-refractivity contribution in [3.8, 4) is 0 Å². The molecule has 1 N–H and O–H groups in total. The lowest BCUT2D eigenvalue weighted by molar-refractivity contribution is -0.136. The average Bonchev–Trinajstić information content (AvgIpc) is 3.59. The second kappa shape index (κ2) is 13.4. The van der Waals surface area contributed by atoms with Crippen LogP contribution in [0.4, 0.5) is 22.7 Å². The predicted molar refractivity (Wildman–Crippen MR) is 195 cm³/mol. The number of aliphatic imine (C=N–C) groups is 2. The molecule has 0 spiro atoms. The molecule has 0 saturated carbocycles. The number of benzene rings is 2. The number of nitrogens with zero attached hydrogens (tertiary/aromatic N) is 6. The molecule has 11 nitrogen and oxygen atoms in total. The summed E-state index contributed by atoms with van der Waals surface area (Å²) in [5, 5.41) is 3.38. The zero-order valence-electron chi connectivity index (χ0n) is 31.3. The Morgan fingerprint density at radius 3 is 0.878 bits per heavy atom. The number of carbonyl (C=O) groups is 4. The summed E-state index contributed by atoms with van der Waals surface area (Å²) in [6.45, 7) is 23.9. The van der Waals surface area contributed by atoms with E-state index in [0.717, 1.165) is 11.4 Å². The Morgan fingerprint density at radius 1 is 0.449 bits per heavy atom. The topological polar surface area (TPSA) is 118 Å². The summed E-state index contributed by atoms with van der Waals surface area (Å²) < 4.78 is 0. The van der Waals surface area contributed by atoms with Gasteiger partial charge in [-0.25, -0.2) is 9.98 Å². The minimum atomic E-state index is -0.625. The van der Waals surface area contributed by atoms with Crippen molar-refractivity contribution in [2.75, 3.05) is 31.5 Å². The largest absolute Gasteiger partial charge is 0.356 e. The van der Waals surface area contributed by atoms with Crippen molar-refractivity contribution in [3.63, 3.8) is 0 Å². The molecule has 2 saturated heterocycles. The van der Waals surface area contributed by atoms with Crippen LogP contribution in [-0.4, -0.2) is 81.3 Å². The molecule has 2 heterocycles. The van der Waals surface area contributed by atoms with Crippen LogP contribution in [0.1, 0.15) is 83.1 Å². The van der Waals surface area contributed by atoms with Crippen molar-refractivity contribution in [2.24, 2.45) is 31.6 Å². The fourth-order valence-electron chi connectivity index (χ4n) is 5.36. The van der Waals surface area contributed by atoms with Crippen LogP contribution in [-0.2, 0) is 19.2 Å². The van der Waals surface area contributed by atoms with E-state index in [1.54, 1.807) is 19.6 Å². The molecule has 0 aliphatic carbocycles. The summed E-state index contributed by atoms with van der Waals surface area (Å²) in [5.74, 6) is 0.361. The molecule has 264 valence electrons. The van der Waals surface area contributed by atoms with Crippen LogP contribution in [0.5, 0.6) is 0 Å². The number of rotatable bonds is 4. The Balaban J connectivity index is 1.56. The molecule has 0 atom stereocenters. The van der Waals surface area contributed by atoms with Crippen LogP contribution in [0, 0.1) is 21.7 Å². The van der Waals surface area contributed by atoms with Gasteiger partial charge < -0.3 is 5.32 Å². The number of carbonyl (C=O) groups excluding carboxylic acids is 4. The molecule has 0 bridgehead atoms. The van der Waals surface area contributed by atoms with Gasteiger partial charge in [0.1, 0.15) is 0 Å². The maximum absolute atomic E-state index is 13.3. The van der Waals surface area contributed by atoms with Crippen LogP contribution >= 0.6 is 0 Å². The molecule has 2 aromatic rings. The third-order valence-corrected chi connectivity index (χ3v) is 8.09. The number of guanidine groups is 2. The zero-order valence-corrected chi connectivity index (χ0v) is 31.3. The van der Waals surface area contributed by atoms with Crippen molar-refractivity contribution in [2.45, 2.75) is 83.1 Å². The summed E-state index contributed by atoms with van der Waals surface area (Å²) in [7, 11) is 0. The molecule has 0 radical (unpaired) electrons. The van der Waals surface area contributed by atoms with Gasteiger partial charge in [-0.05, 0) is 48.5 Å². The highest BCUT2D eigenvalue weighted by atomic mass is 16.2. The van der Waals surface area contributed by atoms with E-state index in [1.807, 2.05) is 132 Å². The average molecular weight is 672 g/mol. The molecule has 0 unspecified atom stereocenters. The second-order valence-corrected chi connectivity index (χ2v) is 16.9. The number of amides is 4. The Hall–Kier alpha value is -4.54. The highest BCUT2D eigenvalue weighted by molar-refractivity contribution is 6.10. The van der Waals surface area contributed by atoms with E-state index in [2.05, 4.69) is 5.32 Å². The van der Waals surface area contributed by atoms with Gasteiger partial charge in [0.25, 0.3) is 0 Å². The maximum atomic E-state index is 13.3. The Kier molecular flexibility index (Phi) is 10.2. The lowest BCUT2D eigenvalue weighted by Crippen LogP contribution is -2.47. The number of hydrogen-bond acceptors (Lipinski definition) is 7. The van der Waals surface area contributed by atoms with E-state index in [1.165, 1.54) is 0 Å². The summed E-state index contributed by atoms with van der Waals surface area (Å²) in [4.78, 5) is 69.2. The number of hydrogen-bond donors (Lipinski definition) is 1. The van der Waals surface area contributed by atoms with Gasteiger partial charge in [0.05, 0.1) is 11.4 Å². The zero-order chi connectivity index (χ0) is 36.7. The molecule has 49 heavy (non-hydrogen) atoms. The summed E-state index contributed by atoms with van der Waals surface area (Å²) in [6, 6.07) is 14.9. The molecule has 2 aliphatic heterocycles. The summed E-state index contributed by atoms with van der Waals surface area (Å²) in [6.07, 6.45) is 0. The highest BCUT2D eigenvalue weighted by Gasteiger charge is 2.43. The van der Waals surface area contributed by atoms with E-state index in [9.17, 15) is 19.2 Å². The van der Waals surface area contributed by atoms with Gasteiger partial charge >= 0.3 is 0 Å². The summed E-state index contributed by atoms with van der Waals surface area (Å²) >= 11 is 0. The molecule has 4 amide bonds. The van der Waals surface area contributed by atoms with Crippen molar-refractivity contribution < 1.29 is 19.2 Å². The maximum Gasteiger partial charge on any atom is 0.234 e. The van der Waals surface area contributed by atoms with E-state index in [4.69, 9.17) is 9.98 Å². The Morgan fingerprint density at radius 2 is 0.673 bits per heavy atom. The van der Waals surface area contributed by atoms with E-state index in [-0.39, 0.29) is 23.6 Å². The molecule has 2 fully saturated rings. The number of nitrogens with one attached hydrogen (secondary N) is 1. The molecular weight excluding hydrogens is 618 g/mol. The first-order chi connectivity index (χ1) is 22.5. The predicted octanol–water partition coefficient (Wildman–Crippen LogP) is 6.93. The SMILES string of the molecule is CC(C)(C)C(=O)N1CCN(C(=O)C(C)(C)C)C1=Nc1ccc(Nc2ccc(N=C3N(C(=O)C(C)(C)C)CCN3C(=O)C(C)(C)C)cc2)cc1. The van der Waals surface area contributed by atoms with Gasteiger partial charge in [-0.2, -0.15) is 0 Å². The minimum Gasteiger partial charge on any atom is -0.356 e. The van der Waals surface area contributed by atoms with Crippen LogP contribution in [0.15, 0.2) is 58.5 Å². The van der Waals surface area contributed by atoms with Gasteiger partial charge in [0.2, 0.25) is 35.5 Å². The normalized spacial score (nSPS) is 15.9. The van der Waals surface area contributed by atoms with Crippen molar-refractivity contribution in [3.05, 3.63) is 48.5 Å². The molecule has 4 rings (SSSR count). The van der Waals surface area contributed by atoms with E-state index < -0.39 is 21.7 Å². The first-order valence-electron chi connectivity index (χ1n) is 16.9. The van der Waals surface area contributed by atoms with Crippen molar-refractivity contribution in [1.29, 1.82) is 0 Å². The van der Waals surface area contributed by atoms with Gasteiger partial charge in [0, 0.05) is 59.2 Å². The quantitative estimate of drug-likeness (QED) is 0.378. The fourth-order valence-corrected chi connectivity index (χ4v) is 5.36. The fraction of sp³-hybridized carbons (Fsp3) is 0.526. The molecule has 2 aliphatic rings. The minimum absolute atomic E-state index is 0.0859. The van der Waals surface area contributed by atoms with E-state index >= 15 is 0 Å². The van der Waals surface area contributed by atoms with Crippen LogP contribution < -0.4 is 5.32 Å². The Labute approximate surface area is 291 Å². The van der Waals surface area contributed by atoms with Gasteiger partial charge in [-0.15, -0.1) is 0 Å². The van der Waals surface area contributed by atoms with Crippen LogP contribution in [0.2, 0.25) is 0 Å². The lowest BCUT2D eigenvalue weighted by atomic mass is 9.94. The first-order valence-corrected chi connectivity index (χ1v) is 16.9. The third-order valence-electron chi connectivity index (χ3n) is 8.09. The van der Waals surface area contributed by atoms with Crippen LogP contribution in [0.25, 0.3) is 0 Å². The third kappa shape index (κ3) is 8.55. The highest BCUT2D eigenvalue weighted by Crippen LogP contribution is 2.30. The monoisotopic (exact) mass is 671 g/mol.